The van der Waals surface area contributed by atoms with E-state index in [0.717, 1.165) is 96.3 Å². The predicted molar refractivity (Wildman–Crippen MR) is 288 cm³/mol. The Morgan fingerprint density at radius 2 is 0.682 bits per heavy atom. The Kier molecular flexibility index (Phi) is 53.9. The van der Waals surface area contributed by atoms with Gasteiger partial charge in [0, 0.05) is 19.4 Å². The highest BCUT2D eigenvalue weighted by molar-refractivity contribution is 5.70. The predicted octanol–water partition coefficient (Wildman–Crippen LogP) is 19.2. The van der Waals surface area contributed by atoms with Gasteiger partial charge in [-0.2, -0.15) is 0 Å². The fraction of sp³-hybridized carbons (Fsp3) is 0.738. The van der Waals surface area contributed by atoms with E-state index in [4.69, 9.17) is 14.2 Å². The minimum atomic E-state index is -0.555. The molecule has 0 aromatic rings. The number of esters is 2. The zero-order valence-electron chi connectivity index (χ0n) is 43.7. The van der Waals surface area contributed by atoms with Gasteiger partial charge in [-0.05, 0) is 109 Å². The van der Waals surface area contributed by atoms with Crippen molar-refractivity contribution in [1.82, 2.24) is 0 Å². The highest BCUT2D eigenvalue weighted by Crippen LogP contribution is 2.14. The van der Waals surface area contributed by atoms with Crippen LogP contribution in [-0.2, 0) is 23.8 Å². The molecule has 5 nitrogen and oxygen atoms in total. The van der Waals surface area contributed by atoms with Crippen LogP contribution in [-0.4, -0.2) is 37.9 Å². The fourth-order valence-corrected chi connectivity index (χ4v) is 7.77. The normalized spacial score (nSPS) is 12.8. The third-order valence-corrected chi connectivity index (χ3v) is 11.9. The summed E-state index contributed by atoms with van der Waals surface area (Å²) in [6.07, 6.45) is 74.6. The van der Waals surface area contributed by atoms with Crippen molar-refractivity contribution in [1.29, 1.82) is 0 Å². The van der Waals surface area contributed by atoms with Crippen LogP contribution in [0.2, 0.25) is 0 Å². The minimum absolute atomic E-state index is 0.0704. The molecule has 1 atom stereocenters. The van der Waals surface area contributed by atoms with E-state index in [-0.39, 0.29) is 25.2 Å². The first-order chi connectivity index (χ1) is 32.6. The van der Waals surface area contributed by atoms with Crippen LogP contribution in [0.3, 0.4) is 0 Å². The van der Waals surface area contributed by atoms with E-state index < -0.39 is 6.10 Å². The maximum Gasteiger partial charge on any atom is 0.306 e. The molecule has 0 amide bonds. The van der Waals surface area contributed by atoms with E-state index in [9.17, 15) is 9.59 Å². The SMILES string of the molecule is CC/C=C\C/C=C\C/C=C\CCCCCCCCCCOCC(COC(=O)CCCCCCCCC/C=C\CCCCCCCC)OC(=O)CCCCCCC/C=C\C/C=C\C/C=C\CC. The summed E-state index contributed by atoms with van der Waals surface area (Å²) in [6.45, 7) is 7.58. The molecule has 0 fully saturated rings. The van der Waals surface area contributed by atoms with Gasteiger partial charge in [-0.15, -0.1) is 0 Å². The van der Waals surface area contributed by atoms with Gasteiger partial charge in [0.05, 0.1) is 6.61 Å². The summed E-state index contributed by atoms with van der Waals surface area (Å²) in [5, 5.41) is 0. The summed E-state index contributed by atoms with van der Waals surface area (Å²) in [6, 6.07) is 0. The summed E-state index contributed by atoms with van der Waals surface area (Å²) in [5.74, 6) is -0.422. The topological polar surface area (TPSA) is 61.8 Å². The summed E-state index contributed by atoms with van der Waals surface area (Å²) in [4.78, 5) is 25.5. The van der Waals surface area contributed by atoms with Crippen LogP contribution in [0.25, 0.3) is 0 Å². The van der Waals surface area contributed by atoms with Crippen molar-refractivity contribution in [2.24, 2.45) is 0 Å². The van der Waals surface area contributed by atoms with Gasteiger partial charge in [0.1, 0.15) is 6.61 Å². The molecule has 0 N–H and O–H groups in total. The Bertz CT molecular complexity index is 1220. The van der Waals surface area contributed by atoms with Gasteiger partial charge in [-0.1, -0.05) is 228 Å². The lowest BCUT2D eigenvalue weighted by molar-refractivity contribution is -0.163. The number of carbonyl (C=O) groups is 2. The van der Waals surface area contributed by atoms with E-state index in [0.29, 0.717) is 19.4 Å². The lowest BCUT2D eigenvalue weighted by atomic mass is 10.1. The Labute approximate surface area is 409 Å². The number of ether oxygens (including phenoxy) is 3. The fourth-order valence-electron chi connectivity index (χ4n) is 7.77. The van der Waals surface area contributed by atoms with Gasteiger partial charge in [0.25, 0.3) is 0 Å². The second-order valence-electron chi connectivity index (χ2n) is 18.4. The summed E-state index contributed by atoms with van der Waals surface area (Å²) in [5.41, 5.74) is 0. The summed E-state index contributed by atoms with van der Waals surface area (Å²) >= 11 is 0. The molecular weight excluding hydrogens is 813 g/mol. The van der Waals surface area contributed by atoms with Crippen LogP contribution in [0.1, 0.15) is 265 Å². The Hall–Kier alpha value is -2.92. The number of hydrogen-bond donors (Lipinski definition) is 0. The smallest absolute Gasteiger partial charge is 0.306 e. The molecule has 0 aromatic carbocycles. The highest BCUT2D eigenvalue weighted by atomic mass is 16.6. The molecule has 0 saturated carbocycles. The second-order valence-corrected chi connectivity index (χ2v) is 18.4. The maximum absolute atomic E-state index is 12.8. The van der Waals surface area contributed by atoms with Crippen LogP contribution in [0.15, 0.2) is 85.1 Å². The van der Waals surface area contributed by atoms with E-state index in [1.807, 2.05) is 0 Å². The van der Waals surface area contributed by atoms with Gasteiger partial charge < -0.3 is 14.2 Å². The molecule has 0 radical (unpaired) electrons. The first kappa shape index (κ1) is 63.1. The van der Waals surface area contributed by atoms with Crippen LogP contribution in [0, 0.1) is 0 Å². The Morgan fingerprint density at radius 1 is 0.348 bits per heavy atom. The van der Waals surface area contributed by atoms with Crippen LogP contribution < -0.4 is 0 Å². The molecule has 380 valence electrons. The van der Waals surface area contributed by atoms with Crippen LogP contribution in [0.4, 0.5) is 0 Å². The summed E-state index contributed by atoms with van der Waals surface area (Å²) in [7, 11) is 0. The molecular formula is C61H106O5. The number of hydrogen-bond acceptors (Lipinski definition) is 5. The average molecular weight is 920 g/mol. The lowest BCUT2D eigenvalue weighted by Gasteiger charge is -2.18. The quantitative estimate of drug-likeness (QED) is 0.0346. The standard InChI is InChI=1S/C61H106O5/c1-4-7-10-13-16-19-22-25-28-30-32-35-38-41-44-47-50-53-56-64-57-59(66-61(63)55-52-49-46-43-40-37-33-27-24-21-18-15-12-9-6-3)58-65-60(62)54-51-48-45-42-39-36-34-31-29-26-23-20-17-14-11-8-5-2/h7,9-10,12,16,18-19,21,25-29,33,59H,4-6,8,11,13-15,17,20,22-24,30-32,34-58H2,1-3H3/b10-7-,12-9-,19-16-,21-18-,28-25-,29-26-,33-27-. The number of rotatable bonds is 51. The monoisotopic (exact) mass is 919 g/mol. The van der Waals surface area contributed by atoms with E-state index in [2.05, 4.69) is 106 Å². The molecule has 0 rings (SSSR count). The lowest BCUT2D eigenvalue weighted by Crippen LogP contribution is -2.30. The zero-order valence-corrected chi connectivity index (χ0v) is 43.7. The Balaban J connectivity index is 4.31. The van der Waals surface area contributed by atoms with Crippen LogP contribution in [0.5, 0.6) is 0 Å². The van der Waals surface area contributed by atoms with Crippen molar-refractivity contribution >= 4 is 11.9 Å². The summed E-state index contributed by atoms with van der Waals surface area (Å²) < 4.78 is 17.5. The Morgan fingerprint density at radius 3 is 1.11 bits per heavy atom. The highest BCUT2D eigenvalue weighted by Gasteiger charge is 2.17. The molecule has 5 heteroatoms. The van der Waals surface area contributed by atoms with Crippen molar-refractivity contribution in [2.45, 2.75) is 271 Å². The van der Waals surface area contributed by atoms with Crippen molar-refractivity contribution in [3.63, 3.8) is 0 Å². The molecule has 0 bridgehead atoms. The van der Waals surface area contributed by atoms with Gasteiger partial charge in [-0.25, -0.2) is 0 Å². The van der Waals surface area contributed by atoms with Gasteiger partial charge in [-0.3, -0.25) is 9.59 Å². The minimum Gasteiger partial charge on any atom is -0.462 e. The first-order valence-corrected chi connectivity index (χ1v) is 28.1. The molecule has 1 unspecified atom stereocenters. The van der Waals surface area contributed by atoms with Gasteiger partial charge >= 0.3 is 11.9 Å². The van der Waals surface area contributed by atoms with E-state index >= 15 is 0 Å². The molecule has 0 spiro atoms. The van der Waals surface area contributed by atoms with E-state index in [1.165, 1.54) is 135 Å². The molecule has 0 saturated heterocycles. The molecule has 0 aliphatic heterocycles. The largest absolute Gasteiger partial charge is 0.462 e. The molecule has 0 aromatic heterocycles. The number of allylic oxidation sites excluding steroid dienone is 14. The van der Waals surface area contributed by atoms with Crippen molar-refractivity contribution in [3.05, 3.63) is 85.1 Å². The van der Waals surface area contributed by atoms with Gasteiger partial charge in [0.15, 0.2) is 6.10 Å². The average Bonchev–Trinajstić information content (AvgIpc) is 3.32. The third-order valence-electron chi connectivity index (χ3n) is 11.9. The molecule has 66 heavy (non-hydrogen) atoms. The van der Waals surface area contributed by atoms with Gasteiger partial charge in [0.2, 0.25) is 0 Å². The van der Waals surface area contributed by atoms with Crippen molar-refractivity contribution in [2.75, 3.05) is 19.8 Å². The molecule has 0 heterocycles. The van der Waals surface area contributed by atoms with Crippen molar-refractivity contribution < 1.29 is 23.8 Å². The molecule has 0 aliphatic rings. The van der Waals surface area contributed by atoms with Crippen LogP contribution >= 0.6 is 0 Å². The van der Waals surface area contributed by atoms with Crippen molar-refractivity contribution in [3.8, 4) is 0 Å². The number of carbonyl (C=O) groups excluding carboxylic acids is 2. The maximum atomic E-state index is 12.8. The van der Waals surface area contributed by atoms with E-state index in [1.54, 1.807) is 0 Å². The molecule has 0 aliphatic carbocycles. The first-order valence-electron chi connectivity index (χ1n) is 28.1. The third kappa shape index (κ3) is 53.7. The second kappa shape index (κ2) is 56.4. The number of unbranched alkanes of at least 4 members (excludes halogenated alkanes) is 26. The zero-order chi connectivity index (χ0) is 47.7.